The second kappa shape index (κ2) is 10.4. The molecule has 2 aromatic carbocycles. The molecule has 0 atom stereocenters. The van der Waals surface area contributed by atoms with E-state index in [1.54, 1.807) is 6.08 Å². The summed E-state index contributed by atoms with van der Waals surface area (Å²) in [7, 11) is 0. The summed E-state index contributed by atoms with van der Waals surface area (Å²) in [6, 6.07) is 17.6. The number of unbranched alkanes of at least 4 members (excludes halogenated alkanes) is 1. The van der Waals surface area contributed by atoms with Gasteiger partial charge >= 0.3 is 0 Å². The molecule has 0 spiro atoms. The highest BCUT2D eigenvalue weighted by molar-refractivity contribution is 7.15. The molecule has 1 heterocycles. The molecule has 5 nitrogen and oxygen atoms in total. The van der Waals surface area contributed by atoms with Crippen LogP contribution in [0.4, 0.5) is 5.13 Å². The first kappa shape index (κ1) is 19.8. The largest absolute Gasteiger partial charge is 0.489 e. The molecule has 0 unspecified atom stereocenters. The van der Waals surface area contributed by atoms with Crippen molar-refractivity contribution < 1.29 is 9.53 Å². The van der Waals surface area contributed by atoms with Gasteiger partial charge in [-0.15, -0.1) is 10.2 Å². The van der Waals surface area contributed by atoms with Crippen LogP contribution in [0.15, 0.2) is 60.7 Å². The molecule has 3 rings (SSSR count). The minimum Gasteiger partial charge on any atom is -0.489 e. The molecule has 0 aliphatic rings. The smallest absolute Gasteiger partial charge is 0.250 e. The minimum absolute atomic E-state index is 0.220. The van der Waals surface area contributed by atoms with E-state index in [1.165, 1.54) is 17.4 Å². The lowest BCUT2D eigenvalue weighted by Crippen LogP contribution is -2.07. The number of hydrogen-bond acceptors (Lipinski definition) is 5. The highest BCUT2D eigenvalue weighted by Gasteiger charge is 2.06. The number of carbonyl (C=O) groups excluding carboxylic acids is 1. The van der Waals surface area contributed by atoms with E-state index in [9.17, 15) is 4.79 Å². The molecular formula is C22H23N3O2S. The van der Waals surface area contributed by atoms with Crippen molar-refractivity contribution in [3.63, 3.8) is 0 Å². The Morgan fingerprint density at radius 1 is 1.11 bits per heavy atom. The van der Waals surface area contributed by atoms with Crippen LogP contribution in [0, 0.1) is 0 Å². The average molecular weight is 394 g/mol. The van der Waals surface area contributed by atoms with E-state index in [1.807, 2.05) is 54.6 Å². The van der Waals surface area contributed by atoms with Crippen LogP contribution in [0.3, 0.4) is 0 Å². The predicted molar refractivity (Wildman–Crippen MR) is 113 cm³/mol. The van der Waals surface area contributed by atoms with Gasteiger partial charge in [-0.3, -0.25) is 10.1 Å². The molecule has 0 fully saturated rings. The number of nitrogens with one attached hydrogen (secondary N) is 1. The van der Waals surface area contributed by atoms with E-state index < -0.39 is 0 Å². The predicted octanol–water partition coefficient (Wildman–Crippen LogP) is 5.11. The van der Waals surface area contributed by atoms with Crippen molar-refractivity contribution in [2.24, 2.45) is 0 Å². The van der Waals surface area contributed by atoms with E-state index in [0.717, 1.165) is 41.1 Å². The molecule has 28 heavy (non-hydrogen) atoms. The van der Waals surface area contributed by atoms with Crippen LogP contribution in [-0.4, -0.2) is 16.1 Å². The third-order valence-electron chi connectivity index (χ3n) is 4.00. The molecule has 6 heteroatoms. The standard InChI is InChI=1S/C22H23N3O2S/c1-2-3-9-21-24-25-22(28-21)23-20(26)15-12-17-10-13-19(14-11-17)27-16-18-7-5-4-6-8-18/h4-8,10-15H,2-3,9,16H2,1H3,(H,23,25,26)/b15-12+. The van der Waals surface area contributed by atoms with Gasteiger partial charge in [0.25, 0.3) is 0 Å². The second-order valence-electron chi connectivity index (χ2n) is 6.27. The number of aromatic nitrogens is 2. The Morgan fingerprint density at radius 2 is 1.89 bits per heavy atom. The van der Waals surface area contributed by atoms with Crippen molar-refractivity contribution in [1.29, 1.82) is 0 Å². The normalized spacial score (nSPS) is 10.9. The van der Waals surface area contributed by atoms with Gasteiger partial charge in [-0.25, -0.2) is 0 Å². The van der Waals surface area contributed by atoms with Crippen molar-refractivity contribution >= 4 is 28.5 Å². The van der Waals surface area contributed by atoms with Gasteiger partial charge in [0.2, 0.25) is 11.0 Å². The van der Waals surface area contributed by atoms with Crippen molar-refractivity contribution in [3.8, 4) is 5.75 Å². The van der Waals surface area contributed by atoms with Gasteiger partial charge in [-0.05, 0) is 35.8 Å². The van der Waals surface area contributed by atoms with E-state index in [4.69, 9.17) is 4.74 Å². The maximum absolute atomic E-state index is 12.1. The summed E-state index contributed by atoms with van der Waals surface area (Å²) < 4.78 is 5.76. The van der Waals surface area contributed by atoms with E-state index in [0.29, 0.717) is 11.7 Å². The monoisotopic (exact) mass is 393 g/mol. The molecule has 1 amide bonds. The number of rotatable bonds is 9. The fraction of sp³-hybridized carbons (Fsp3) is 0.227. The number of nitrogens with zero attached hydrogens (tertiary/aromatic N) is 2. The number of aryl methyl sites for hydroxylation is 1. The quantitative estimate of drug-likeness (QED) is 0.513. The van der Waals surface area contributed by atoms with Crippen molar-refractivity contribution in [3.05, 3.63) is 76.8 Å². The van der Waals surface area contributed by atoms with Crippen LogP contribution in [0.25, 0.3) is 6.08 Å². The zero-order valence-corrected chi connectivity index (χ0v) is 16.6. The van der Waals surface area contributed by atoms with Crippen LogP contribution < -0.4 is 10.1 Å². The number of benzene rings is 2. The fourth-order valence-corrected chi connectivity index (χ4v) is 3.25. The van der Waals surface area contributed by atoms with Crippen LogP contribution in [-0.2, 0) is 17.8 Å². The third kappa shape index (κ3) is 6.32. The number of hydrogen-bond donors (Lipinski definition) is 1. The Labute approximate surface area is 169 Å². The van der Waals surface area contributed by atoms with Crippen molar-refractivity contribution in [2.75, 3.05) is 5.32 Å². The Hall–Kier alpha value is -2.99. The van der Waals surface area contributed by atoms with Crippen molar-refractivity contribution in [1.82, 2.24) is 10.2 Å². The number of amides is 1. The summed E-state index contributed by atoms with van der Waals surface area (Å²) in [4.78, 5) is 12.1. The lowest BCUT2D eigenvalue weighted by Gasteiger charge is -2.06. The van der Waals surface area contributed by atoms with Crippen LogP contribution in [0.2, 0.25) is 0 Å². The molecule has 0 radical (unpaired) electrons. The first-order valence-corrected chi connectivity index (χ1v) is 10.1. The SMILES string of the molecule is CCCCc1nnc(NC(=O)/C=C/c2ccc(OCc3ccccc3)cc2)s1. The zero-order valence-electron chi connectivity index (χ0n) is 15.8. The molecule has 3 aromatic rings. The van der Waals surface area contributed by atoms with E-state index in [-0.39, 0.29) is 5.91 Å². The Balaban J connectivity index is 1.48. The third-order valence-corrected chi connectivity index (χ3v) is 4.90. The second-order valence-corrected chi connectivity index (χ2v) is 7.33. The minimum atomic E-state index is -0.220. The van der Waals surface area contributed by atoms with E-state index >= 15 is 0 Å². The topological polar surface area (TPSA) is 64.1 Å². The summed E-state index contributed by atoms with van der Waals surface area (Å²) in [6.07, 6.45) is 6.34. The van der Waals surface area contributed by atoms with Gasteiger partial charge in [0, 0.05) is 12.5 Å². The molecule has 0 saturated heterocycles. The Bertz CT molecular complexity index is 905. The Kier molecular flexibility index (Phi) is 7.32. The first-order valence-electron chi connectivity index (χ1n) is 9.31. The number of carbonyl (C=O) groups is 1. The maximum Gasteiger partial charge on any atom is 0.250 e. The Morgan fingerprint density at radius 3 is 2.64 bits per heavy atom. The van der Waals surface area contributed by atoms with Gasteiger partial charge in [0.05, 0.1) is 0 Å². The molecule has 144 valence electrons. The molecule has 0 saturated carbocycles. The summed E-state index contributed by atoms with van der Waals surface area (Å²) in [5, 5.41) is 12.3. The molecule has 0 aliphatic heterocycles. The number of ether oxygens (including phenoxy) is 1. The van der Waals surface area contributed by atoms with Crippen LogP contribution in [0.1, 0.15) is 35.9 Å². The van der Waals surface area contributed by atoms with Gasteiger partial charge in [-0.2, -0.15) is 0 Å². The highest BCUT2D eigenvalue weighted by atomic mass is 32.1. The van der Waals surface area contributed by atoms with Crippen LogP contribution in [0.5, 0.6) is 5.75 Å². The van der Waals surface area contributed by atoms with Crippen LogP contribution >= 0.6 is 11.3 Å². The van der Waals surface area contributed by atoms with Gasteiger partial charge in [0.15, 0.2) is 0 Å². The zero-order chi connectivity index (χ0) is 19.6. The van der Waals surface area contributed by atoms with Gasteiger partial charge in [-0.1, -0.05) is 67.1 Å². The maximum atomic E-state index is 12.1. The summed E-state index contributed by atoms with van der Waals surface area (Å²) in [6.45, 7) is 2.66. The fourth-order valence-electron chi connectivity index (χ4n) is 2.47. The molecule has 0 bridgehead atoms. The van der Waals surface area contributed by atoms with Gasteiger partial charge in [0.1, 0.15) is 17.4 Å². The lowest BCUT2D eigenvalue weighted by molar-refractivity contribution is -0.111. The lowest BCUT2D eigenvalue weighted by atomic mass is 10.2. The average Bonchev–Trinajstić information content (AvgIpc) is 3.18. The van der Waals surface area contributed by atoms with E-state index in [2.05, 4.69) is 22.4 Å². The number of anilines is 1. The highest BCUT2D eigenvalue weighted by Crippen LogP contribution is 2.18. The van der Waals surface area contributed by atoms with Gasteiger partial charge < -0.3 is 4.74 Å². The summed E-state index contributed by atoms with van der Waals surface area (Å²) in [5.74, 6) is 0.571. The summed E-state index contributed by atoms with van der Waals surface area (Å²) in [5.41, 5.74) is 2.04. The van der Waals surface area contributed by atoms with Crippen molar-refractivity contribution in [2.45, 2.75) is 32.8 Å². The molecule has 0 aliphatic carbocycles. The molecule has 1 aromatic heterocycles. The molecular weight excluding hydrogens is 370 g/mol. The first-order chi connectivity index (χ1) is 13.7. The summed E-state index contributed by atoms with van der Waals surface area (Å²) >= 11 is 1.42. The molecule has 1 N–H and O–H groups in total.